The van der Waals surface area contributed by atoms with Crippen LogP contribution in [0.4, 0.5) is 0 Å². The molecule has 0 aromatic carbocycles. The minimum absolute atomic E-state index is 0.0213. The molecule has 0 atom stereocenters. The molecule has 0 saturated carbocycles. The molecule has 3 N–H and O–H groups in total. The smallest absolute Gasteiger partial charge is 0.0701 e. The lowest BCUT2D eigenvalue weighted by atomic mass is 10.6. The summed E-state index contributed by atoms with van der Waals surface area (Å²) in [6, 6.07) is 0. The zero-order valence-electron chi connectivity index (χ0n) is 33.4. The SMILES string of the molecule is NCCOCCOCCOCCOCCOCCOCCOCCOCCOCCOCCOCCOCCOCCOCCOCCOCCOCCO. The monoisotopic (exact) mass is 809 g/mol. The van der Waals surface area contributed by atoms with Crippen LogP contribution in [0.3, 0.4) is 0 Å². The van der Waals surface area contributed by atoms with Crippen LogP contribution in [0.1, 0.15) is 0 Å². The van der Waals surface area contributed by atoms with E-state index in [0.717, 1.165) is 0 Å². The van der Waals surface area contributed by atoms with Crippen molar-refractivity contribution < 1.29 is 85.6 Å². The molecule has 0 aliphatic carbocycles. The van der Waals surface area contributed by atoms with Gasteiger partial charge in [-0.25, -0.2) is 0 Å². The number of ether oxygens (including phenoxy) is 17. The van der Waals surface area contributed by atoms with Gasteiger partial charge in [-0.3, -0.25) is 0 Å². The summed E-state index contributed by atoms with van der Waals surface area (Å²) in [6.45, 7) is 17.5. The Morgan fingerprint density at radius 2 is 0.291 bits per heavy atom. The van der Waals surface area contributed by atoms with E-state index in [1.807, 2.05) is 0 Å². The molecule has 0 aromatic heterocycles. The minimum atomic E-state index is 0.0213. The normalized spacial score (nSPS) is 11.7. The van der Waals surface area contributed by atoms with Gasteiger partial charge in [-0.05, 0) is 0 Å². The van der Waals surface area contributed by atoms with Gasteiger partial charge in [-0.1, -0.05) is 0 Å². The lowest BCUT2D eigenvalue weighted by molar-refractivity contribution is -0.0308. The number of aliphatic hydroxyl groups excluding tert-OH is 1. The van der Waals surface area contributed by atoms with E-state index in [0.29, 0.717) is 231 Å². The van der Waals surface area contributed by atoms with Crippen LogP contribution in [0, 0.1) is 0 Å². The summed E-state index contributed by atoms with van der Waals surface area (Å²) in [4.78, 5) is 0. The van der Waals surface area contributed by atoms with Gasteiger partial charge in [-0.15, -0.1) is 0 Å². The molecule has 0 aliphatic heterocycles. The van der Waals surface area contributed by atoms with Crippen molar-refractivity contribution in [3.8, 4) is 0 Å². The van der Waals surface area contributed by atoms with Crippen LogP contribution in [0.5, 0.6) is 0 Å². The fourth-order valence-corrected chi connectivity index (χ4v) is 3.77. The van der Waals surface area contributed by atoms with E-state index < -0.39 is 0 Å². The van der Waals surface area contributed by atoms with Crippen molar-refractivity contribution in [3.63, 3.8) is 0 Å². The Morgan fingerprint density at radius 1 is 0.182 bits per heavy atom. The largest absolute Gasteiger partial charge is 0.394 e. The summed E-state index contributed by atoms with van der Waals surface area (Å²) in [6.07, 6.45) is 0. The first-order valence-corrected chi connectivity index (χ1v) is 19.5. The summed E-state index contributed by atoms with van der Waals surface area (Å²) in [5.74, 6) is 0. The summed E-state index contributed by atoms with van der Waals surface area (Å²) in [5.41, 5.74) is 5.33. The molecule has 0 amide bonds. The molecule has 0 bridgehead atoms. The molecule has 55 heavy (non-hydrogen) atoms. The Morgan fingerprint density at radius 3 is 0.400 bits per heavy atom. The highest BCUT2D eigenvalue weighted by atomic mass is 16.6. The standard InChI is InChI=1S/C36H75NO18/c37-1-3-39-5-7-41-9-11-43-13-15-45-17-19-47-21-23-49-25-27-51-29-31-53-33-35-55-36-34-54-32-30-52-28-26-50-24-22-48-20-18-46-16-14-44-12-10-42-8-6-40-4-2-38/h38H,1-37H2. The van der Waals surface area contributed by atoms with Gasteiger partial charge in [0.05, 0.1) is 231 Å². The molecular formula is C36H75NO18. The van der Waals surface area contributed by atoms with Gasteiger partial charge in [0, 0.05) is 6.54 Å². The molecule has 0 unspecified atom stereocenters. The predicted octanol–water partition coefficient (Wildman–Crippen LogP) is -0.780. The van der Waals surface area contributed by atoms with E-state index in [2.05, 4.69) is 0 Å². The van der Waals surface area contributed by atoms with E-state index in [-0.39, 0.29) is 6.61 Å². The zero-order valence-corrected chi connectivity index (χ0v) is 33.4. The van der Waals surface area contributed by atoms with Crippen molar-refractivity contribution in [3.05, 3.63) is 0 Å². The average Bonchev–Trinajstić information content (AvgIpc) is 3.20. The van der Waals surface area contributed by atoms with E-state index in [9.17, 15) is 0 Å². The summed E-state index contributed by atoms with van der Waals surface area (Å²) in [5, 5.41) is 8.59. The highest BCUT2D eigenvalue weighted by Gasteiger charge is 1.98. The molecule has 19 heteroatoms. The lowest BCUT2D eigenvalue weighted by Crippen LogP contribution is -2.16. The van der Waals surface area contributed by atoms with Crippen LogP contribution in [-0.4, -0.2) is 243 Å². The molecule has 0 saturated heterocycles. The van der Waals surface area contributed by atoms with Gasteiger partial charge in [0.15, 0.2) is 0 Å². The van der Waals surface area contributed by atoms with Crippen molar-refractivity contribution in [2.24, 2.45) is 5.73 Å². The van der Waals surface area contributed by atoms with Crippen LogP contribution in [0.2, 0.25) is 0 Å². The summed E-state index contributed by atoms with van der Waals surface area (Å²) >= 11 is 0. The third-order valence-electron chi connectivity index (χ3n) is 6.45. The molecule has 0 aromatic rings. The summed E-state index contributed by atoms with van der Waals surface area (Å²) in [7, 11) is 0. The van der Waals surface area contributed by atoms with E-state index in [1.54, 1.807) is 0 Å². The lowest BCUT2D eigenvalue weighted by Gasteiger charge is -2.09. The molecule has 0 fully saturated rings. The molecule has 0 rings (SSSR count). The zero-order chi connectivity index (χ0) is 39.5. The van der Waals surface area contributed by atoms with Gasteiger partial charge in [-0.2, -0.15) is 0 Å². The molecule has 332 valence electrons. The first-order valence-electron chi connectivity index (χ1n) is 19.5. The van der Waals surface area contributed by atoms with Crippen molar-refractivity contribution in [1.29, 1.82) is 0 Å². The Labute approximate surface area is 329 Å². The molecular weight excluding hydrogens is 734 g/mol. The Bertz CT molecular complexity index is 612. The van der Waals surface area contributed by atoms with Crippen LogP contribution in [0.15, 0.2) is 0 Å². The van der Waals surface area contributed by atoms with E-state index in [1.165, 1.54) is 0 Å². The molecule has 19 nitrogen and oxygen atoms in total. The van der Waals surface area contributed by atoms with E-state index >= 15 is 0 Å². The highest BCUT2D eigenvalue weighted by molar-refractivity contribution is 4.41. The van der Waals surface area contributed by atoms with Crippen LogP contribution >= 0.6 is 0 Å². The fourth-order valence-electron chi connectivity index (χ4n) is 3.77. The van der Waals surface area contributed by atoms with Crippen molar-refractivity contribution >= 4 is 0 Å². The van der Waals surface area contributed by atoms with Gasteiger partial charge in [0.2, 0.25) is 0 Å². The number of rotatable bonds is 52. The maximum absolute atomic E-state index is 8.59. The third-order valence-corrected chi connectivity index (χ3v) is 6.45. The Hall–Kier alpha value is -0.760. The minimum Gasteiger partial charge on any atom is -0.394 e. The maximum Gasteiger partial charge on any atom is 0.0701 e. The Balaban J connectivity index is 3.05. The second kappa shape index (κ2) is 53.2. The first-order chi connectivity index (χ1) is 27.4. The predicted molar refractivity (Wildman–Crippen MR) is 200 cm³/mol. The van der Waals surface area contributed by atoms with Crippen molar-refractivity contribution in [1.82, 2.24) is 0 Å². The quantitative estimate of drug-likeness (QED) is 0.0724. The number of aliphatic hydroxyl groups is 1. The second-order valence-electron chi connectivity index (χ2n) is 10.9. The first kappa shape index (κ1) is 54.2. The van der Waals surface area contributed by atoms with Gasteiger partial charge in [0.1, 0.15) is 0 Å². The van der Waals surface area contributed by atoms with Crippen LogP contribution < -0.4 is 5.73 Å². The van der Waals surface area contributed by atoms with Crippen LogP contribution in [0.25, 0.3) is 0 Å². The number of hydrogen-bond acceptors (Lipinski definition) is 19. The topological polar surface area (TPSA) is 203 Å². The van der Waals surface area contributed by atoms with Crippen LogP contribution in [-0.2, 0) is 80.5 Å². The third kappa shape index (κ3) is 53.2. The fraction of sp³-hybridized carbons (Fsp3) is 1.00. The molecule has 0 spiro atoms. The second-order valence-corrected chi connectivity index (χ2v) is 10.9. The maximum atomic E-state index is 8.59. The van der Waals surface area contributed by atoms with Gasteiger partial charge >= 0.3 is 0 Å². The summed E-state index contributed by atoms with van der Waals surface area (Å²) < 4.78 is 92.1. The van der Waals surface area contributed by atoms with Gasteiger partial charge < -0.3 is 91.4 Å². The molecule has 0 aliphatic rings. The highest BCUT2D eigenvalue weighted by Crippen LogP contribution is 1.89. The number of nitrogens with two attached hydrogens (primary N) is 1. The van der Waals surface area contributed by atoms with Crippen molar-refractivity contribution in [2.45, 2.75) is 0 Å². The molecule has 0 heterocycles. The van der Waals surface area contributed by atoms with Crippen molar-refractivity contribution in [2.75, 3.05) is 238 Å². The average molecular weight is 810 g/mol. The van der Waals surface area contributed by atoms with E-state index in [4.69, 9.17) is 91.4 Å². The molecule has 0 radical (unpaired) electrons. The van der Waals surface area contributed by atoms with Gasteiger partial charge in [0.25, 0.3) is 0 Å². The Kier molecular flexibility index (Phi) is 52.5. The number of hydrogen-bond donors (Lipinski definition) is 2.